The maximum absolute atomic E-state index is 12.0. The van der Waals surface area contributed by atoms with Crippen LogP contribution >= 0.6 is 0 Å². The van der Waals surface area contributed by atoms with Crippen LogP contribution in [0.4, 0.5) is 0 Å². The minimum absolute atomic E-state index is 0.1000. The Bertz CT molecular complexity index is 533. The molecular weight excluding hydrogens is 240 g/mol. The molecule has 0 aliphatic carbocycles. The van der Waals surface area contributed by atoms with Crippen molar-refractivity contribution in [3.8, 4) is 0 Å². The van der Waals surface area contributed by atoms with Crippen molar-refractivity contribution in [1.82, 2.24) is 0 Å². The van der Waals surface area contributed by atoms with Crippen molar-refractivity contribution < 1.29 is 18.3 Å². The SMILES string of the molecule is O=C(O)c1ccccc1C1CCCCS1(=O)=O. The molecule has 0 spiro atoms. The van der Waals surface area contributed by atoms with Crippen LogP contribution in [0.2, 0.25) is 0 Å². The van der Waals surface area contributed by atoms with Gasteiger partial charge in [0, 0.05) is 0 Å². The number of carboxylic acids is 1. The quantitative estimate of drug-likeness (QED) is 0.876. The van der Waals surface area contributed by atoms with Gasteiger partial charge in [0.1, 0.15) is 0 Å². The molecule has 0 radical (unpaired) electrons. The zero-order valence-corrected chi connectivity index (χ0v) is 10.1. The summed E-state index contributed by atoms with van der Waals surface area (Å²) in [6, 6.07) is 6.37. The van der Waals surface area contributed by atoms with E-state index in [0.717, 1.165) is 6.42 Å². The summed E-state index contributed by atoms with van der Waals surface area (Å²) in [6.45, 7) is 0. The van der Waals surface area contributed by atoms with E-state index < -0.39 is 21.1 Å². The van der Waals surface area contributed by atoms with Gasteiger partial charge in [-0.05, 0) is 24.5 Å². The van der Waals surface area contributed by atoms with Crippen LogP contribution < -0.4 is 0 Å². The van der Waals surface area contributed by atoms with Crippen LogP contribution in [0.3, 0.4) is 0 Å². The fourth-order valence-corrected chi connectivity index (χ4v) is 4.29. The number of rotatable bonds is 2. The minimum Gasteiger partial charge on any atom is -0.478 e. The number of carbonyl (C=O) groups is 1. The second-order valence-electron chi connectivity index (χ2n) is 4.24. The van der Waals surface area contributed by atoms with E-state index in [-0.39, 0.29) is 11.3 Å². The normalized spacial score (nSPS) is 23.2. The number of hydrogen-bond acceptors (Lipinski definition) is 3. The van der Waals surface area contributed by atoms with Crippen LogP contribution in [-0.2, 0) is 9.84 Å². The van der Waals surface area contributed by atoms with Crippen molar-refractivity contribution in [3.05, 3.63) is 35.4 Å². The smallest absolute Gasteiger partial charge is 0.336 e. The molecule has 17 heavy (non-hydrogen) atoms. The number of benzene rings is 1. The highest BCUT2D eigenvalue weighted by atomic mass is 32.2. The molecule has 0 bridgehead atoms. The Balaban J connectivity index is 2.49. The van der Waals surface area contributed by atoms with Crippen molar-refractivity contribution in [2.24, 2.45) is 0 Å². The van der Waals surface area contributed by atoms with E-state index in [0.29, 0.717) is 18.4 Å². The van der Waals surface area contributed by atoms with Crippen LogP contribution in [0.1, 0.15) is 40.4 Å². The second-order valence-corrected chi connectivity index (χ2v) is 6.55. The molecule has 0 aromatic heterocycles. The zero-order valence-electron chi connectivity index (χ0n) is 9.30. The van der Waals surface area contributed by atoms with Crippen LogP contribution in [0.15, 0.2) is 24.3 Å². The van der Waals surface area contributed by atoms with E-state index in [1.165, 1.54) is 6.07 Å². The van der Waals surface area contributed by atoms with Gasteiger partial charge in [0.05, 0.1) is 16.6 Å². The molecule has 1 aromatic rings. The number of sulfone groups is 1. The summed E-state index contributed by atoms with van der Waals surface area (Å²) >= 11 is 0. The predicted molar refractivity (Wildman–Crippen MR) is 63.8 cm³/mol. The van der Waals surface area contributed by atoms with E-state index in [9.17, 15) is 13.2 Å². The average Bonchev–Trinajstić information content (AvgIpc) is 2.28. The van der Waals surface area contributed by atoms with E-state index in [1.54, 1.807) is 18.2 Å². The summed E-state index contributed by atoms with van der Waals surface area (Å²) < 4.78 is 23.9. The summed E-state index contributed by atoms with van der Waals surface area (Å²) in [7, 11) is -3.20. The van der Waals surface area contributed by atoms with Gasteiger partial charge in [-0.1, -0.05) is 24.6 Å². The Hall–Kier alpha value is -1.36. The van der Waals surface area contributed by atoms with Gasteiger partial charge in [-0.2, -0.15) is 0 Å². The lowest BCUT2D eigenvalue weighted by Gasteiger charge is -2.23. The Labute approximate surface area is 100 Å². The first-order valence-electron chi connectivity index (χ1n) is 5.56. The highest BCUT2D eigenvalue weighted by Crippen LogP contribution is 2.35. The first-order valence-corrected chi connectivity index (χ1v) is 7.28. The number of hydrogen-bond donors (Lipinski definition) is 1. The lowest BCUT2D eigenvalue weighted by atomic mass is 10.0. The minimum atomic E-state index is -3.20. The Kier molecular flexibility index (Phi) is 3.19. The highest BCUT2D eigenvalue weighted by Gasteiger charge is 2.32. The molecule has 1 saturated heterocycles. The Morgan fingerprint density at radius 2 is 1.94 bits per heavy atom. The number of carboxylic acid groups (broad SMARTS) is 1. The summed E-state index contributed by atoms with van der Waals surface area (Å²) in [4.78, 5) is 11.1. The summed E-state index contributed by atoms with van der Waals surface area (Å²) in [5.41, 5.74) is 0.530. The summed E-state index contributed by atoms with van der Waals surface area (Å²) in [5.74, 6) is -0.910. The molecule has 0 amide bonds. The third-order valence-electron chi connectivity index (χ3n) is 3.12. The molecule has 1 atom stereocenters. The largest absolute Gasteiger partial charge is 0.478 e. The third-order valence-corrected chi connectivity index (χ3v) is 5.33. The van der Waals surface area contributed by atoms with E-state index in [1.807, 2.05) is 0 Å². The first-order chi connectivity index (χ1) is 8.02. The molecule has 1 fully saturated rings. The van der Waals surface area contributed by atoms with Gasteiger partial charge >= 0.3 is 5.97 Å². The van der Waals surface area contributed by atoms with Gasteiger partial charge < -0.3 is 5.11 Å². The standard InChI is InChI=1S/C12H14O4S/c13-12(14)10-6-2-1-5-9(10)11-7-3-4-8-17(11,15)16/h1-2,5-6,11H,3-4,7-8H2,(H,13,14). The van der Waals surface area contributed by atoms with Crippen LogP contribution in [-0.4, -0.2) is 25.2 Å². The van der Waals surface area contributed by atoms with E-state index in [4.69, 9.17) is 5.11 Å². The third kappa shape index (κ3) is 2.34. The van der Waals surface area contributed by atoms with Gasteiger partial charge in [-0.3, -0.25) is 0 Å². The predicted octanol–water partition coefficient (Wildman–Crippen LogP) is 2.02. The average molecular weight is 254 g/mol. The van der Waals surface area contributed by atoms with Crippen molar-refractivity contribution in [2.45, 2.75) is 24.5 Å². The van der Waals surface area contributed by atoms with Crippen LogP contribution in [0.25, 0.3) is 0 Å². The molecule has 0 saturated carbocycles. The summed E-state index contributed by atoms with van der Waals surface area (Å²) in [5, 5.41) is 8.42. The van der Waals surface area contributed by atoms with Crippen molar-refractivity contribution in [1.29, 1.82) is 0 Å². The monoisotopic (exact) mass is 254 g/mol. The lowest BCUT2D eigenvalue weighted by Crippen LogP contribution is -2.23. The topological polar surface area (TPSA) is 71.4 Å². The van der Waals surface area contributed by atoms with E-state index >= 15 is 0 Å². The van der Waals surface area contributed by atoms with Gasteiger partial charge in [-0.25, -0.2) is 13.2 Å². The van der Waals surface area contributed by atoms with Gasteiger partial charge in [0.2, 0.25) is 0 Å². The van der Waals surface area contributed by atoms with Gasteiger partial charge in [0.25, 0.3) is 0 Å². The maximum atomic E-state index is 12.0. The van der Waals surface area contributed by atoms with Crippen LogP contribution in [0.5, 0.6) is 0 Å². The Morgan fingerprint density at radius 3 is 2.59 bits per heavy atom. The van der Waals surface area contributed by atoms with Crippen molar-refractivity contribution >= 4 is 15.8 Å². The molecule has 1 aromatic carbocycles. The number of aromatic carboxylic acids is 1. The molecule has 1 N–H and O–H groups in total. The van der Waals surface area contributed by atoms with E-state index in [2.05, 4.69) is 0 Å². The molecule has 1 unspecified atom stereocenters. The molecule has 1 heterocycles. The fourth-order valence-electron chi connectivity index (χ4n) is 2.28. The zero-order chi connectivity index (χ0) is 12.5. The maximum Gasteiger partial charge on any atom is 0.336 e. The van der Waals surface area contributed by atoms with Gasteiger partial charge in [-0.15, -0.1) is 0 Å². The lowest BCUT2D eigenvalue weighted by molar-refractivity contribution is 0.0695. The van der Waals surface area contributed by atoms with Crippen LogP contribution in [0, 0.1) is 0 Å². The highest BCUT2D eigenvalue weighted by molar-refractivity contribution is 7.91. The molecule has 92 valence electrons. The fraction of sp³-hybridized carbons (Fsp3) is 0.417. The summed E-state index contributed by atoms with van der Waals surface area (Å²) in [6.07, 6.45) is 2.03. The second kappa shape index (κ2) is 4.49. The first kappa shape index (κ1) is 12.1. The molecule has 1 aliphatic rings. The van der Waals surface area contributed by atoms with Crippen molar-refractivity contribution in [2.75, 3.05) is 5.75 Å². The molecule has 2 rings (SSSR count). The molecule has 5 heteroatoms. The van der Waals surface area contributed by atoms with Gasteiger partial charge in [0.15, 0.2) is 9.84 Å². The Morgan fingerprint density at radius 1 is 1.24 bits per heavy atom. The molecule has 1 aliphatic heterocycles. The van der Waals surface area contributed by atoms with Crippen molar-refractivity contribution in [3.63, 3.8) is 0 Å². The molecule has 4 nitrogen and oxygen atoms in total. The molecular formula is C12H14O4S.